The number of hydrogen-bond donors (Lipinski definition) is 1. The molecule has 1 unspecified atom stereocenters. The number of methoxy groups -OCH3 is 2. The monoisotopic (exact) mass is 446 g/mol. The molecule has 9 heteroatoms. The van der Waals surface area contributed by atoms with Gasteiger partial charge in [0.15, 0.2) is 17.3 Å². The van der Waals surface area contributed by atoms with Crippen molar-refractivity contribution in [2.75, 3.05) is 47.1 Å². The lowest BCUT2D eigenvalue weighted by Crippen LogP contribution is -2.43. The number of nitrogens with one attached hydrogen (secondary N) is 1. The fourth-order valence-electron chi connectivity index (χ4n) is 3.82. The zero-order valence-corrected chi connectivity index (χ0v) is 19.3. The summed E-state index contributed by atoms with van der Waals surface area (Å²) in [6.07, 6.45) is 3.47. The number of rotatable bonds is 12. The number of aromatic nitrogens is 2. The molecule has 2 heterocycles. The van der Waals surface area contributed by atoms with Gasteiger partial charge in [-0.25, -0.2) is 0 Å². The molecule has 1 saturated heterocycles. The Balaban J connectivity index is 1.56. The highest BCUT2D eigenvalue weighted by molar-refractivity contribution is 5.75. The minimum absolute atomic E-state index is 0.0111. The van der Waals surface area contributed by atoms with Crippen molar-refractivity contribution in [2.24, 2.45) is 0 Å². The van der Waals surface area contributed by atoms with Crippen LogP contribution in [0.2, 0.25) is 0 Å². The number of nitrogens with zero attached hydrogens (tertiary/aromatic N) is 3. The summed E-state index contributed by atoms with van der Waals surface area (Å²) in [7, 11) is 3.25. The van der Waals surface area contributed by atoms with Gasteiger partial charge in [0, 0.05) is 38.9 Å². The van der Waals surface area contributed by atoms with Crippen LogP contribution in [0.15, 0.2) is 22.7 Å². The summed E-state index contributed by atoms with van der Waals surface area (Å²) in [6, 6.07) is 5.93. The van der Waals surface area contributed by atoms with Crippen molar-refractivity contribution in [3.8, 4) is 11.5 Å². The second-order valence-electron chi connectivity index (χ2n) is 7.79. The van der Waals surface area contributed by atoms with Crippen LogP contribution < -0.4 is 14.8 Å². The number of carbonyl (C=O) groups excluding carboxylic acids is 1. The Labute approximate surface area is 189 Å². The molecule has 1 amide bonds. The van der Waals surface area contributed by atoms with Gasteiger partial charge < -0.3 is 24.1 Å². The summed E-state index contributed by atoms with van der Waals surface area (Å²) >= 11 is 0. The minimum Gasteiger partial charge on any atom is -0.493 e. The molecule has 1 atom stereocenters. The first-order valence-corrected chi connectivity index (χ1v) is 11.3. The number of hydrogen-bond acceptors (Lipinski definition) is 8. The summed E-state index contributed by atoms with van der Waals surface area (Å²) in [5.41, 5.74) is 1.07. The van der Waals surface area contributed by atoms with Crippen LogP contribution in [0.25, 0.3) is 0 Å². The number of aryl methyl sites for hydroxylation is 2. The molecule has 1 aromatic carbocycles. The molecule has 3 rings (SSSR count). The standard InChI is InChI=1S/C23H34N4O5/c1-4-6-21-25-23(32-26-21)8-5-7-22(28)24-16-18(27-11-13-31-14-12-27)17-9-10-19(29-2)20(15-17)30-3/h9-10,15,18H,4-8,11-14,16H2,1-3H3,(H,24,28). The van der Waals surface area contributed by atoms with Gasteiger partial charge in [-0.05, 0) is 30.5 Å². The number of ether oxygens (including phenoxy) is 3. The maximum absolute atomic E-state index is 12.5. The van der Waals surface area contributed by atoms with Crippen LogP contribution in [0.3, 0.4) is 0 Å². The molecule has 1 fully saturated rings. The lowest BCUT2D eigenvalue weighted by Gasteiger charge is -2.35. The van der Waals surface area contributed by atoms with E-state index in [0.29, 0.717) is 56.4 Å². The van der Waals surface area contributed by atoms with Crippen LogP contribution in [-0.2, 0) is 22.4 Å². The largest absolute Gasteiger partial charge is 0.493 e. The average Bonchev–Trinajstić information content (AvgIpc) is 3.27. The maximum Gasteiger partial charge on any atom is 0.226 e. The molecule has 0 saturated carbocycles. The number of carbonyl (C=O) groups is 1. The van der Waals surface area contributed by atoms with Crippen LogP contribution in [0, 0.1) is 0 Å². The fraction of sp³-hybridized carbons (Fsp3) is 0.609. The second-order valence-corrected chi connectivity index (χ2v) is 7.79. The van der Waals surface area contributed by atoms with E-state index in [1.807, 2.05) is 18.2 Å². The van der Waals surface area contributed by atoms with E-state index in [-0.39, 0.29) is 11.9 Å². The molecule has 1 aliphatic rings. The van der Waals surface area contributed by atoms with Gasteiger partial charge >= 0.3 is 0 Å². The van der Waals surface area contributed by atoms with E-state index < -0.39 is 0 Å². The molecule has 1 aromatic heterocycles. The maximum atomic E-state index is 12.5. The Morgan fingerprint density at radius 1 is 1.19 bits per heavy atom. The van der Waals surface area contributed by atoms with Crippen molar-refractivity contribution in [3.05, 3.63) is 35.5 Å². The van der Waals surface area contributed by atoms with E-state index in [9.17, 15) is 4.79 Å². The van der Waals surface area contributed by atoms with Crippen molar-refractivity contribution in [3.63, 3.8) is 0 Å². The van der Waals surface area contributed by atoms with Crippen molar-refractivity contribution >= 4 is 5.91 Å². The first-order valence-electron chi connectivity index (χ1n) is 11.3. The molecule has 32 heavy (non-hydrogen) atoms. The highest BCUT2D eigenvalue weighted by Crippen LogP contribution is 2.32. The molecular weight excluding hydrogens is 412 g/mol. The van der Waals surface area contributed by atoms with E-state index in [1.54, 1.807) is 14.2 Å². The van der Waals surface area contributed by atoms with E-state index in [0.717, 1.165) is 37.3 Å². The first-order chi connectivity index (χ1) is 15.6. The number of morpholine rings is 1. The molecule has 9 nitrogen and oxygen atoms in total. The Hall–Kier alpha value is -2.65. The molecule has 176 valence electrons. The molecule has 2 aromatic rings. The molecule has 0 spiro atoms. The van der Waals surface area contributed by atoms with E-state index >= 15 is 0 Å². The summed E-state index contributed by atoms with van der Waals surface area (Å²) in [5, 5.41) is 7.05. The second kappa shape index (κ2) is 12.4. The number of benzene rings is 1. The van der Waals surface area contributed by atoms with E-state index in [2.05, 4.69) is 27.3 Å². The van der Waals surface area contributed by atoms with Crippen LogP contribution >= 0.6 is 0 Å². The minimum atomic E-state index is 0.0111. The van der Waals surface area contributed by atoms with Crippen LogP contribution in [0.1, 0.15) is 49.5 Å². The quantitative estimate of drug-likeness (QED) is 0.531. The third-order valence-corrected chi connectivity index (χ3v) is 5.55. The van der Waals surface area contributed by atoms with Gasteiger partial charge in [-0.3, -0.25) is 9.69 Å². The summed E-state index contributed by atoms with van der Waals surface area (Å²) in [4.78, 5) is 19.2. The van der Waals surface area contributed by atoms with Crippen LogP contribution in [0.5, 0.6) is 11.5 Å². The third kappa shape index (κ3) is 6.67. The van der Waals surface area contributed by atoms with Crippen molar-refractivity contribution in [1.82, 2.24) is 20.4 Å². The zero-order valence-electron chi connectivity index (χ0n) is 19.3. The first kappa shape index (κ1) is 24.0. The SMILES string of the molecule is CCCc1noc(CCCC(=O)NCC(c2ccc(OC)c(OC)c2)N2CCOCC2)n1. The topological polar surface area (TPSA) is 99.0 Å². The van der Waals surface area contributed by atoms with Crippen molar-refractivity contribution in [2.45, 2.75) is 45.1 Å². The fourth-order valence-corrected chi connectivity index (χ4v) is 3.82. The van der Waals surface area contributed by atoms with Crippen molar-refractivity contribution in [1.29, 1.82) is 0 Å². The molecule has 0 bridgehead atoms. The van der Waals surface area contributed by atoms with Gasteiger partial charge in [-0.15, -0.1) is 0 Å². The molecule has 0 aliphatic carbocycles. The lowest BCUT2D eigenvalue weighted by molar-refractivity contribution is -0.121. The van der Waals surface area contributed by atoms with Gasteiger partial charge in [0.1, 0.15) is 0 Å². The summed E-state index contributed by atoms with van der Waals surface area (Å²) < 4.78 is 21.6. The Bertz CT molecular complexity index is 851. The van der Waals surface area contributed by atoms with Crippen LogP contribution in [0.4, 0.5) is 0 Å². The molecule has 1 N–H and O–H groups in total. The van der Waals surface area contributed by atoms with Crippen molar-refractivity contribution < 1.29 is 23.5 Å². The van der Waals surface area contributed by atoms with Gasteiger partial charge in [0.25, 0.3) is 0 Å². The summed E-state index contributed by atoms with van der Waals surface area (Å²) in [6.45, 7) is 5.57. The lowest BCUT2D eigenvalue weighted by atomic mass is 10.0. The van der Waals surface area contributed by atoms with Gasteiger partial charge in [0.2, 0.25) is 11.8 Å². The van der Waals surface area contributed by atoms with E-state index in [1.165, 1.54) is 0 Å². The average molecular weight is 447 g/mol. The Kier molecular flexibility index (Phi) is 9.30. The van der Waals surface area contributed by atoms with Crippen LogP contribution in [-0.4, -0.2) is 68.0 Å². The Morgan fingerprint density at radius 3 is 2.69 bits per heavy atom. The van der Waals surface area contributed by atoms with Gasteiger partial charge in [-0.2, -0.15) is 4.98 Å². The van der Waals surface area contributed by atoms with Gasteiger partial charge in [-0.1, -0.05) is 18.1 Å². The highest BCUT2D eigenvalue weighted by Gasteiger charge is 2.24. The van der Waals surface area contributed by atoms with Gasteiger partial charge in [0.05, 0.1) is 33.5 Å². The predicted octanol–water partition coefficient (Wildman–Crippen LogP) is 2.55. The number of amides is 1. The normalized spacial score (nSPS) is 15.3. The zero-order chi connectivity index (χ0) is 22.8. The van der Waals surface area contributed by atoms with E-state index in [4.69, 9.17) is 18.7 Å². The highest BCUT2D eigenvalue weighted by atomic mass is 16.5. The summed E-state index contributed by atoms with van der Waals surface area (Å²) in [5.74, 6) is 2.70. The predicted molar refractivity (Wildman–Crippen MR) is 119 cm³/mol. The smallest absolute Gasteiger partial charge is 0.226 e. The molecular formula is C23H34N4O5. The third-order valence-electron chi connectivity index (χ3n) is 5.55. The molecule has 1 aliphatic heterocycles. The molecule has 0 radical (unpaired) electrons. The Morgan fingerprint density at radius 2 is 1.97 bits per heavy atom.